The van der Waals surface area contributed by atoms with Crippen molar-refractivity contribution in [1.29, 1.82) is 0 Å². The first-order valence-corrected chi connectivity index (χ1v) is 12.0. The van der Waals surface area contributed by atoms with Gasteiger partial charge in [-0.05, 0) is 62.4 Å². The maximum absolute atomic E-state index is 13.5. The van der Waals surface area contributed by atoms with Crippen molar-refractivity contribution in [3.05, 3.63) is 90.3 Å². The fraction of sp³-hybridized carbons (Fsp3) is 0.214. The van der Waals surface area contributed by atoms with Gasteiger partial charge in [0.15, 0.2) is 11.6 Å². The van der Waals surface area contributed by atoms with E-state index in [9.17, 15) is 14.0 Å². The number of hydrogen-bond donors (Lipinski definition) is 3. The fourth-order valence-corrected chi connectivity index (χ4v) is 4.14. The summed E-state index contributed by atoms with van der Waals surface area (Å²) in [6.45, 7) is 3.60. The minimum absolute atomic E-state index is 0.0891. The third kappa shape index (κ3) is 5.61. The summed E-state index contributed by atoms with van der Waals surface area (Å²) < 4.78 is 25.5. The highest BCUT2D eigenvalue weighted by Gasteiger charge is 2.36. The molecule has 2 aromatic heterocycles. The molecule has 0 spiro atoms. The molecule has 10 heteroatoms. The molecule has 1 aliphatic rings. The first-order chi connectivity index (χ1) is 18.3. The van der Waals surface area contributed by atoms with Crippen LogP contribution in [-0.4, -0.2) is 45.5 Å². The molecule has 38 heavy (non-hydrogen) atoms. The second kappa shape index (κ2) is 10.5. The number of Topliss-reactive ketones (excluding diaryl/α,β-unsaturated/α-hetero) is 1. The van der Waals surface area contributed by atoms with Gasteiger partial charge in [0.05, 0.1) is 30.1 Å². The number of aromatic nitrogens is 3. The molecule has 0 radical (unpaired) electrons. The van der Waals surface area contributed by atoms with Crippen LogP contribution in [0.3, 0.4) is 0 Å². The van der Waals surface area contributed by atoms with E-state index in [4.69, 9.17) is 14.5 Å². The second-order valence-corrected chi connectivity index (χ2v) is 9.32. The molecular weight excluding hydrogens is 489 g/mol. The van der Waals surface area contributed by atoms with Crippen molar-refractivity contribution in [2.45, 2.75) is 25.7 Å². The molecule has 2 amide bonds. The molecule has 4 aromatic rings. The number of imidazole rings is 1. The molecule has 5 rings (SSSR count). The Morgan fingerprint density at radius 1 is 1.03 bits per heavy atom. The maximum Gasteiger partial charge on any atom is 0.319 e. The number of halogens is 1. The number of H-pyrrole nitrogens is 1. The lowest BCUT2D eigenvalue weighted by molar-refractivity contribution is -0.215. The Kier molecular flexibility index (Phi) is 6.99. The summed E-state index contributed by atoms with van der Waals surface area (Å²) in [6, 6.07) is 16.0. The maximum atomic E-state index is 13.5. The molecule has 3 N–H and O–H groups in total. The van der Waals surface area contributed by atoms with Gasteiger partial charge < -0.3 is 25.1 Å². The van der Waals surface area contributed by atoms with Crippen LogP contribution in [0, 0.1) is 5.82 Å². The minimum Gasteiger partial charge on any atom is -0.343 e. The first-order valence-electron chi connectivity index (χ1n) is 12.0. The number of nitrogens with zero attached hydrogens (tertiary/aromatic N) is 2. The standard InChI is InChI=1S/C28H26FN5O4/c1-17(35)20-4-3-5-22(14-20)31-27(36)34-28(2)15-37-26(38-16-28)25-32-23(18-6-8-21(29)9-7-18)24(33-25)19-10-12-30-13-11-19/h3-14,26H,15-16H2,1-2H3,(H,32,33)(H2,31,34,36). The van der Waals surface area contributed by atoms with Crippen LogP contribution in [0.4, 0.5) is 14.9 Å². The number of ketones is 1. The number of carbonyl (C=O) groups is 2. The summed E-state index contributed by atoms with van der Waals surface area (Å²) in [6.07, 6.45) is 2.56. The Morgan fingerprint density at radius 2 is 1.74 bits per heavy atom. The Labute approximate surface area is 218 Å². The number of rotatable bonds is 6. The van der Waals surface area contributed by atoms with Crippen LogP contribution < -0.4 is 10.6 Å². The van der Waals surface area contributed by atoms with Crippen LogP contribution in [0.2, 0.25) is 0 Å². The van der Waals surface area contributed by atoms with Crippen LogP contribution in [0.1, 0.15) is 36.3 Å². The molecule has 194 valence electrons. The van der Waals surface area contributed by atoms with Crippen molar-refractivity contribution in [1.82, 2.24) is 20.3 Å². The van der Waals surface area contributed by atoms with E-state index in [2.05, 4.69) is 20.6 Å². The quantitative estimate of drug-likeness (QED) is 0.307. The summed E-state index contributed by atoms with van der Waals surface area (Å²) >= 11 is 0. The number of anilines is 1. The van der Waals surface area contributed by atoms with Crippen molar-refractivity contribution in [2.24, 2.45) is 0 Å². The average Bonchev–Trinajstić information content (AvgIpc) is 3.35. The number of nitrogens with one attached hydrogen (secondary N) is 3. The van der Waals surface area contributed by atoms with Gasteiger partial charge in [-0.2, -0.15) is 0 Å². The molecule has 1 aliphatic heterocycles. The Balaban J connectivity index is 1.29. The predicted octanol–water partition coefficient (Wildman–Crippen LogP) is 5.11. The van der Waals surface area contributed by atoms with Gasteiger partial charge >= 0.3 is 6.03 Å². The molecule has 1 saturated heterocycles. The summed E-state index contributed by atoms with van der Waals surface area (Å²) in [5, 5.41) is 5.62. The van der Waals surface area contributed by atoms with Crippen LogP contribution in [0.25, 0.3) is 22.5 Å². The van der Waals surface area contributed by atoms with Gasteiger partial charge in [0.2, 0.25) is 6.29 Å². The summed E-state index contributed by atoms with van der Waals surface area (Å²) in [5.41, 5.74) is 3.13. The highest BCUT2D eigenvalue weighted by atomic mass is 19.1. The van der Waals surface area contributed by atoms with Crippen LogP contribution in [0.15, 0.2) is 73.1 Å². The number of pyridine rings is 1. The number of amides is 2. The van der Waals surface area contributed by atoms with Crippen molar-refractivity contribution >= 4 is 17.5 Å². The van der Waals surface area contributed by atoms with Crippen LogP contribution >= 0.6 is 0 Å². The zero-order valence-corrected chi connectivity index (χ0v) is 20.8. The highest BCUT2D eigenvalue weighted by Crippen LogP contribution is 2.34. The lowest BCUT2D eigenvalue weighted by atomic mass is 10.0. The highest BCUT2D eigenvalue weighted by molar-refractivity contribution is 5.96. The molecule has 0 bridgehead atoms. The molecule has 9 nitrogen and oxygen atoms in total. The van der Waals surface area contributed by atoms with E-state index >= 15 is 0 Å². The topological polar surface area (TPSA) is 118 Å². The predicted molar refractivity (Wildman–Crippen MR) is 139 cm³/mol. The minimum atomic E-state index is -0.806. The molecule has 1 fully saturated rings. The third-order valence-corrected chi connectivity index (χ3v) is 6.08. The average molecular weight is 516 g/mol. The number of ether oxygens (including phenoxy) is 2. The van der Waals surface area contributed by atoms with Gasteiger partial charge in [-0.1, -0.05) is 12.1 Å². The summed E-state index contributed by atoms with van der Waals surface area (Å²) in [7, 11) is 0. The zero-order valence-electron chi connectivity index (χ0n) is 20.8. The summed E-state index contributed by atoms with van der Waals surface area (Å²) in [5.74, 6) is 0.0220. The lowest BCUT2D eigenvalue weighted by Gasteiger charge is -2.37. The van der Waals surface area contributed by atoms with Gasteiger partial charge in [0, 0.05) is 34.8 Å². The van der Waals surface area contributed by atoms with E-state index in [1.807, 2.05) is 19.1 Å². The third-order valence-electron chi connectivity index (χ3n) is 6.08. The van der Waals surface area contributed by atoms with Crippen molar-refractivity contribution in [2.75, 3.05) is 18.5 Å². The van der Waals surface area contributed by atoms with Crippen molar-refractivity contribution < 1.29 is 23.5 Å². The molecule has 3 heterocycles. The Hall–Kier alpha value is -4.41. The van der Waals surface area contributed by atoms with Crippen LogP contribution in [0.5, 0.6) is 0 Å². The number of carbonyl (C=O) groups excluding carboxylic acids is 2. The smallest absolute Gasteiger partial charge is 0.319 e. The van der Waals surface area contributed by atoms with Gasteiger partial charge in [0.25, 0.3) is 0 Å². The van der Waals surface area contributed by atoms with Crippen molar-refractivity contribution in [3.8, 4) is 22.5 Å². The van der Waals surface area contributed by atoms with E-state index in [1.54, 1.807) is 48.8 Å². The fourth-order valence-electron chi connectivity index (χ4n) is 4.14. The molecule has 0 saturated carbocycles. The SMILES string of the molecule is CC(=O)c1cccc(NC(=O)NC2(C)COC(c3nc(-c4ccc(F)cc4)c(-c4ccncc4)[nH]3)OC2)c1. The zero-order chi connectivity index (χ0) is 26.7. The van der Waals surface area contributed by atoms with Gasteiger partial charge in [-0.3, -0.25) is 9.78 Å². The van der Waals surface area contributed by atoms with E-state index in [1.165, 1.54) is 19.1 Å². The molecule has 0 atom stereocenters. The second-order valence-electron chi connectivity index (χ2n) is 9.32. The number of hydrogen-bond acceptors (Lipinski definition) is 6. The van der Waals surface area contributed by atoms with Gasteiger partial charge in [-0.25, -0.2) is 14.2 Å². The first kappa shape index (κ1) is 25.2. The molecule has 0 aliphatic carbocycles. The van der Waals surface area contributed by atoms with E-state index in [0.29, 0.717) is 22.8 Å². The lowest BCUT2D eigenvalue weighted by Crippen LogP contribution is -2.56. The molecule has 0 unspecified atom stereocenters. The van der Waals surface area contributed by atoms with Gasteiger partial charge in [0.1, 0.15) is 5.82 Å². The van der Waals surface area contributed by atoms with Crippen LogP contribution in [-0.2, 0) is 9.47 Å². The van der Waals surface area contributed by atoms with Gasteiger partial charge in [-0.15, -0.1) is 0 Å². The number of benzene rings is 2. The number of urea groups is 1. The Bertz CT molecular complexity index is 1450. The monoisotopic (exact) mass is 515 g/mol. The number of aromatic amines is 1. The largest absolute Gasteiger partial charge is 0.343 e. The van der Waals surface area contributed by atoms with E-state index in [-0.39, 0.29) is 24.8 Å². The normalized spacial score (nSPS) is 19.1. The molecule has 2 aromatic carbocycles. The molecular formula is C28H26FN5O4. The summed E-state index contributed by atoms with van der Waals surface area (Å²) in [4.78, 5) is 36.3. The van der Waals surface area contributed by atoms with E-state index < -0.39 is 17.9 Å². The van der Waals surface area contributed by atoms with Crippen molar-refractivity contribution in [3.63, 3.8) is 0 Å². The Morgan fingerprint density at radius 3 is 2.42 bits per heavy atom. The van der Waals surface area contributed by atoms with E-state index in [0.717, 1.165) is 16.8 Å².